The van der Waals surface area contributed by atoms with E-state index in [2.05, 4.69) is 0 Å². The summed E-state index contributed by atoms with van der Waals surface area (Å²) in [5.41, 5.74) is 11.0. The van der Waals surface area contributed by atoms with Crippen LogP contribution in [0.1, 0.15) is 10.4 Å². The number of carbonyl (C=O) groups excluding carboxylic acids is 1. The summed E-state index contributed by atoms with van der Waals surface area (Å²) in [6, 6.07) is 2.92. The third-order valence-corrected chi connectivity index (χ3v) is 1.81. The summed E-state index contributed by atoms with van der Waals surface area (Å²) in [6.07, 6.45) is 0. The quantitative estimate of drug-likeness (QED) is 0.700. The minimum atomic E-state index is -0.627. The number of amides is 1. The van der Waals surface area contributed by atoms with Crippen molar-refractivity contribution >= 4 is 23.2 Å². The highest BCUT2D eigenvalue weighted by Gasteiger charge is 2.11. The van der Waals surface area contributed by atoms with Gasteiger partial charge in [0, 0.05) is 11.1 Å². The monoisotopic (exact) mass is 200 g/mol. The number of anilines is 1. The van der Waals surface area contributed by atoms with Crippen LogP contribution in [0, 0.1) is 0 Å². The van der Waals surface area contributed by atoms with Crippen molar-refractivity contribution in [2.24, 2.45) is 5.73 Å². The molecule has 0 saturated heterocycles. The van der Waals surface area contributed by atoms with E-state index in [4.69, 9.17) is 27.8 Å². The summed E-state index contributed by atoms with van der Waals surface area (Å²) in [4.78, 5) is 10.9. The molecule has 0 atom stereocenters. The van der Waals surface area contributed by atoms with E-state index in [1.165, 1.54) is 19.2 Å². The maximum atomic E-state index is 10.9. The van der Waals surface area contributed by atoms with Crippen LogP contribution in [0.4, 0.5) is 5.69 Å². The Hall–Kier alpha value is -1.42. The molecular weight excluding hydrogens is 192 g/mol. The van der Waals surface area contributed by atoms with Gasteiger partial charge in [-0.2, -0.15) is 0 Å². The fourth-order valence-electron chi connectivity index (χ4n) is 0.966. The van der Waals surface area contributed by atoms with Gasteiger partial charge in [-0.1, -0.05) is 11.6 Å². The molecule has 13 heavy (non-hydrogen) atoms. The van der Waals surface area contributed by atoms with Gasteiger partial charge >= 0.3 is 0 Å². The first-order chi connectivity index (χ1) is 6.06. The van der Waals surface area contributed by atoms with E-state index in [0.717, 1.165) is 0 Å². The molecule has 5 heteroatoms. The number of rotatable bonds is 2. The van der Waals surface area contributed by atoms with Crippen molar-refractivity contribution in [2.45, 2.75) is 0 Å². The Balaban J connectivity index is 3.35. The second-order valence-corrected chi connectivity index (χ2v) is 2.87. The average Bonchev–Trinajstić information content (AvgIpc) is 2.08. The maximum Gasteiger partial charge on any atom is 0.250 e. The van der Waals surface area contributed by atoms with E-state index in [0.29, 0.717) is 10.8 Å². The first-order valence-electron chi connectivity index (χ1n) is 3.49. The zero-order valence-corrected chi connectivity index (χ0v) is 7.76. The fraction of sp³-hybridized carbons (Fsp3) is 0.125. The van der Waals surface area contributed by atoms with Crippen LogP contribution in [0.2, 0.25) is 5.02 Å². The predicted octanol–water partition coefficient (Wildman–Crippen LogP) is 1.03. The van der Waals surface area contributed by atoms with E-state index in [1.807, 2.05) is 0 Å². The Morgan fingerprint density at radius 1 is 1.54 bits per heavy atom. The molecule has 0 aliphatic heterocycles. The van der Waals surface area contributed by atoms with Crippen molar-refractivity contribution in [3.05, 3.63) is 22.7 Å². The molecule has 0 unspecified atom stereocenters. The normalized spacial score (nSPS) is 9.69. The van der Waals surface area contributed by atoms with Crippen LogP contribution < -0.4 is 16.2 Å². The summed E-state index contributed by atoms with van der Waals surface area (Å²) in [5, 5.41) is 0.361. The van der Waals surface area contributed by atoms with Crippen molar-refractivity contribution in [3.63, 3.8) is 0 Å². The molecule has 1 aromatic rings. The lowest BCUT2D eigenvalue weighted by molar-refractivity contribution is 0.100. The standard InChI is InChI=1S/C8H9ClN2O2/c1-13-6-3-4(9)2-5(7(6)10)8(11)12/h2-3H,10H2,1H3,(H2,11,12). The van der Waals surface area contributed by atoms with Gasteiger partial charge in [0.05, 0.1) is 18.4 Å². The number of hydrogen-bond donors (Lipinski definition) is 2. The Morgan fingerprint density at radius 2 is 2.15 bits per heavy atom. The van der Waals surface area contributed by atoms with Gasteiger partial charge in [-0.3, -0.25) is 4.79 Å². The summed E-state index contributed by atoms with van der Waals surface area (Å²) in [7, 11) is 1.44. The van der Waals surface area contributed by atoms with E-state index in [-0.39, 0.29) is 11.3 Å². The van der Waals surface area contributed by atoms with Crippen molar-refractivity contribution in [3.8, 4) is 5.75 Å². The molecule has 1 amide bonds. The molecular formula is C8H9ClN2O2. The second kappa shape index (κ2) is 3.53. The number of nitrogen functional groups attached to an aromatic ring is 1. The molecule has 1 rings (SSSR count). The van der Waals surface area contributed by atoms with Gasteiger partial charge in [-0.05, 0) is 6.07 Å². The minimum absolute atomic E-state index is 0.171. The lowest BCUT2D eigenvalue weighted by Gasteiger charge is -2.07. The van der Waals surface area contributed by atoms with Gasteiger partial charge in [0.25, 0.3) is 5.91 Å². The number of carbonyl (C=O) groups is 1. The number of primary amides is 1. The Labute approximate surface area is 80.4 Å². The molecule has 1 aromatic carbocycles. The largest absolute Gasteiger partial charge is 0.495 e. The van der Waals surface area contributed by atoms with Crippen molar-refractivity contribution in [1.29, 1.82) is 0 Å². The Kier molecular flexibility index (Phi) is 2.63. The maximum absolute atomic E-state index is 10.9. The van der Waals surface area contributed by atoms with Crippen LogP contribution >= 0.6 is 11.6 Å². The van der Waals surface area contributed by atoms with Gasteiger partial charge in [0.15, 0.2) is 0 Å². The predicted molar refractivity (Wildman–Crippen MR) is 50.9 cm³/mol. The molecule has 4 N–H and O–H groups in total. The van der Waals surface area contributed by atoms with Crippen molar-refractivity contribution in [2.75, 3.05) is 12.8 Å². The van der Waals surface area contributed by atoms with Crippen LogP contribution in [-0.4, -0.2) is 13.0 Å². The average molecular weight is 201 g/mol. The number of nitrogens with two attached hydrogens (primary N) is 2. The summed E-state index contributed by atoms with van der Waals surface area (Å²) in [6.45, 7) is 0. The molecule has 0 spiro atoms. The summed E-state index contributed by atoms with van der Waals surface area (Å²) >= 11 is 5.70. The lowest BCUT2D eigenvalue weighted by atomic mass is 10.1. The molecule has 0 saturated carbocycles. The van der Waals surface area contributed by atoms with Crippen LogP contribution in [0.3, 0.4) is 0 Å². The highest BCUT2D eigenvalue weighted by Crippen LogP contribution is 2.29. The number of methoxy groups -OCH3 is 1. The number of ether oxygens (including phenoxy) is 1. The fourth-order valence-corrected chi connectivity index (χ4v) is 1.17. The Morgan fingerprint density at radius 3 is 2.62 bits per heavy atom. The molecule has 70 valence electrons. The van der Waals surface area contributed by atoms with Gasteiger partial charge in [-0.25, -0.2) is 0 Å². The molecule has 0 bridgehead atoms. The van der Waals surface area contributed by atoms with Crippen LogP contribution in [0.25, 0.3) is 0 Å². The third kappa shape index (κ3) is 1.84. The molecule has 0 aliphatic rings. The Bertz CT molecular complexity index is 352. The van der Waals surface area contributed by atoms with Crippen LogP contribution in [0.15, 0.2) is 12.1 Å². The molecule has 0 aromatic heterocycles. The lowest BCUT2D eigenvalue weighted by Crippen LogP contribution is -2.14. The number of benzene rings is 1. The zero-order chi connectivity index (χ0) is 10.0. The smallest absolute Gasteiger partial charge is 0.250 e. The molecule has 0 radical (unpaired) electrons. The zero-order valence-electron chi connectivity index (χ0n) is 7.00. The highest BCUT2D eigenvalue weighted by atomic mass is 35.5. The molecule has 0 fully saturated rings. The molecule has 4 nitrogen and oxygen atoms in total. The van der Waals surface area contributed by atoms with E-state index < -0.39 is 5.91 Å². The van der Waals surface area contributed by atoms with E-state index >= 15 is 0 Å². The topological polar surface area (TPSA) is 78.3 Å². The summed E-state index contributed by atoms with van der Waals surface area (Å²) < 4.78 is 4.90. The van der Waals surface area contributed by atoms with E-state index in [1.54, 1.807) is 0 Å². The molecule has 0 heterocycles. The van der Waals surface area contributed by atoms with Crippen LogP contribution in [0.5, 0.6) is 5.75 Å². The van der Waals surface area contributed by atoms with Crippen LogP contribution in [-0.2, 0) is 0 Å². The number of halogens is 1. The van der Waals surface area contributed by atoms with Crippen molar-refractivity contribution in [1.82, 2.24) is 0 Å². The highest BCUT2D eigenvalue weighted by molar-refractivity contribution is 6.31. The molecule has 0 aliphatic carbocycles. The van der Waals surface area contributed by atoms with Gasteiger partial charge in [0.1, 0.15) is 5.75 Å². The van der Waals surface area contributed by atoms with Gasteiger partial charge < -0.3 is 16.2 Å². The first-order valence-corrected chi connectivity index (χ1v) is 3.87. The van der Waals surface area contributed by atoms with Gasteiger partial charge in [-0.15, -0.1) is 0 Å². The first kappa shape index (κ1) is 9.67. The van der Waals surface area contributed by atoms with Crippen molar-refractivity contribution < 1.29 is 9.53 Å². The van der Waals surface area contributed by atoms with Gasteiger partial charge in [0.2, 0.25) is 0 Å². The van der Waals surface area contributed by atoms with E-state index in [9.17, 15) is 4.79 Å². The third-order valence-electron chi connectivity index (χ3n) is 1.59. The number of hydrogen-bond acceptors (Lipinski definition) is 3. The summed E-state index contributed by atoms with van der Waals surface area (Å²) in [5.74, 6) is -0.278. The SMILES string of the molecule is COc1cc(Cl)cc(C(N)=O)c1N. The second-order valence-electron chi connectivity index (χ2n) is 2.43. The minimum Gasteiger partial charge on any atom is -0.495 e.